The molecule has 0 unspecified atom stereocenters. The van der Waals surface area contributed by atoms with Crippen molar-refractivity contribution >= 4 is 22.8 Å². The van der Waals surface area contributed by atoms with Crippen LogP contribution in [0.5, 0.6) is 0 Å². The molecule has 2 rings (SSSR count). The Morgan fingerprint density at radius 3 is 2.76 bits per heavy atom. The van der Waals surface area contributed by atoms with E-state index in [0.29, 0.717) is 11.0 Å². The molecule has 1 aromatic carbocycles. The highest BCUT2D eigenvalue weighted by Crippen LogP contribution is 2.14. The number of ether oxygens (including phenoxy) is 1. The number of nitriles is 1. The Kier molecular flexibility index (Phi) is 6.29. The van der Waals surface area contributed by atoms with Crippen LogP contribution in [0.15, 0.2) is 39.5 Å². The molecule has 2 aromatic rings. The van der Waals surface area contributed by atoms with Crippen LogP contribution in [0.4, 0.5) is 0 Å². The van der Waals surface area contributed by atoms with Crippen molar-refractivity contribution in [2.24, 2.45) is 0 Å². The molecule has 1 heterocycles. The third-order valence-corrected chi connectivity index (χ3v) is 3.54. The lowest BCUT2D eigenvalue weighted by Gasteiger charge is -2.20. The van der Waals surface area contributed by atoms with Gasteiger partial charge < -0.3 is 14.1 Å². The molecule has 0 aliphatic carbocycles. The zero-order valence-electron chi connectivity index (χ0n) is 13.9. The lowest BCUT2D eigenvalue weighted by atomic mass is 10.1. The van der Waals surface area contributed by atoms with Crippen molar-refractivity contribution in [2.75, 3.05) is 19.7 Å². The van der Waals surface area contributed by atoms with Crippen LogP contribution in [0.1, 0.15) is 30.1 Å². The number of para-hydroxylation sites is 1. The molecule has 0 saturated carbocycles. The van der Waals surface area contributed by atoms with Crippen LogP contribution in [-0.2, 0) is 9.53 Å². The fourth-order valence-corrected chi connectivity index (χ4v) is 2.34. The molecule has 0 radical (unpaired) electrons. The Labute approximate surface area is 144 Å². The van der Waals surface area contributed by atoms with E-state index in [1.807, 2.05) is 6.07 Å². The normalized spacial score (nSPS) is 10.2. The molecule has 0 saturated heterocycles. The largest absolute Gasteiger partial charge is 0.466 e. The number of fused-ring (bicyclic) bond motifs is 1. The van der Waals surface area contributed by atoms with Crippen LogP contribution in [-0.4, -0.2) is 36.5 Å². The van der Waals surface area contributed by atoms with Gasteiger partial charge in [-0.2, -0.15) is 5.26 Å². The second-order valence-corrected chi connectivity index (χ2v) is 5.24. The second-order valence-electron chi connectivity index (χ2n) is 5.24. The Morgan fingerprint density at radius 2 is 2.04 bits per heavy atom. The molecule has 0 aliphatic rings. The number of amides is 1. The minimum Gasteiger partial charge on any atom is -0.466 e. The van der Waals surface area contributed by atoms with Gasteiger partial charge in [0.1, 0.15) is 11.1 Å². The lowest BCUT2D eigenvalue weighted by Crippen LogP contribution is -2.36. The molecule has 0 spiro atoms. The smallest absolute Gasteiger partial charge is 0.349 e. The molecule has 0 atom stereocenters. The first kappa shape index (κ1) is 18.2. The number of esters is 1. The topological polar surface area (TPSA) is 101 Å². The predicted octanol–water partition coefficient (Wildman–Crippen LogP) is 2.10. The molecule has 0 bridgehead atoms. The summed E-state index contributed by atoms with van der Waals surface area (Å²) in [6, 6.07) is 10.3. The second kappa shape index (κ2) is 8.64. The maximum absolute atomic E-state index is 12.7. The van der Waals surface area contributed by atoms with E-state index in [2.05, 4.69) is 0 Å². The van der Waals surface area contributed by atoms with Crippen LogP contribution >= 0.6 is 0 Å². The average molecular weight is 342 g/mol. The quantitative estimate of drug-likeness (QED) is 0.564. The van der Waals surface area contributed by atoms with Crippen molar-refractivity contribution in [3.05, 3.63) is 46.3 Å². The fourth-order valence-electron chi connectivity index (χ4n) is 2.34. The minimum absolute atomic E-state index is 0.01000. The molecule has 7 nitrogen and oxygen atoms in total. The Morgan fingerprint density at radius 1 is 1.28 bits per heavy atom. The number of hydrogen-bond acceptors (Lipinski definition) is 6. The molecule has 130 valence electrons. The highest BCUT2D eigenvalue weighted by molar-refractivity contribution is 5.96. The summed E-state index contributed by atoms with van der Waals surface area (Å²) in [5.41, 5.74) is -0.485. The maximum Gasteiger partial charge on any atom is 0.349 e. The monoisotopic (exact) mass is 342 g/mol. The van der Waals surface area contributed by atoms with Gasteiger partial charge in [-0.1, -0.05) is 18.2 Å². The highest BCUT2D eigenvalue weighted by atomic mass is 16.5. The third kappa shape index (κ3) is 4.67. The molecule has 1 aromatic heterocycles. The first-order chi connectivity index (χ1) is 12.1. The van der Waals surface area contributed by atoms with Crippen molar-refractivity contribution in [3.63, 3.8) is 0 Å². The molecule has 0 N–H and O–H groups in total. The molecule has 0 fully saturated rings. The maximum atomic E-state index is 12.7. The number of hydrogen-bond donors (Lipinski definition) is 0. The van der Waals surface area contributed by atoms with Crippen molar-refractivity contribution < 1.29 is 18.7 Å². The van der Waals surface area contributed by atoms with Gasteiger partial charge in [-0.15, -0.1) is 0 Å². The summed E-state index contributed by atoms with van der Waals surface area (Å²) in [4.78, 5) is 37.6. The third-order valence-electron chi connectivity index (χ3n) is 3.54. The van der Waals surface area contributed by atoms with Crippen molar-refractivity contribution in [1.29, 1.82) is 5.26 Å². The fraction of sp³-hybridized carbons (Fsp3) is 0.333. The average Bonchev–Trinajstić information content (AvgIpc) is 2.61. The van der Waals surface area contributed by atoms with Gasteiger partial charge >= 0.3 is 11.6 Å². The van der Waals surface area contributed by atoms with Gasteiger partial charge in [0.05, 0.1) is 25.5 Å². The number of carbonyl (C=O) groups excluding carboxylic acids is 2. The molecule has 25 heavy (non-hydrogen) atoms. The van der Waals surface area contributed by atoms with E-state index >= 15 is 0 Å². The van der Waals surface area contributed by atoms with Gasteiger partial charge in [0, 0.05) is 18.5 Å². The van der Waals surface area contributed by atoms with Gasteiger partial charge in [-0.3, -0.25) is 9.59 Å². The summed E-state index contributed by atoms with van der Waals surface area (Å²) in [6.07, 6.45) is 0.0808. The molecule has 1 amide bonds. The Hall–Kier alpha value is -3.14. The number of rotatable bonds is 7. The van der Waals surface area contributed by atoms with Crippen molar-refractivity contribution in [1.82, 2.24) is 4.90 Å². The predicted molar refractivity (Wildman–Crippen MR) is 89.9 cm³/mol. The van der Waals surface area contributed by atoms with Crippen molar-refractivity contribution in [3.8, 4) is 6.07 Å². The summed E-state index contributed by atoms with van der Waals surface area (Å²) in [5, 5.41) is 9.39. The summed E-state index contributed by atoms with van der Waals surface area (Å²) in [7, 11) is 0. The van der Waals surface area contributed by atoms with Gasteiger partial charge in [-0.05, 0) is 19.1 Å². The van der Waals surface area contributed by atoms with Gasteiger partial charge in [0.25, 0.3) is 5.91 Å². The summed E-state index contributed by atoms with van der Waals surface area (Å²) >= 11 is 0. The van der Waals surface area contributed by atoms with Crippen LogP contribution in [0.3, 0.4) is 0 Å². The molecular weight excluding hydrogens is 324 g/mol. The van der Waals surface area contributed by atoms with Crippen LogP contribution in [0, 0.1) is 11.3 Å². The van der Waals surface area contributed by atoms with Crippen LogP contribution in [0.2, 0.25) is 0 Å². The van der Waals surface area contributed by atoms with E-state index in [0.717, 1.165) is 0 Å². The van der Waals surface area contributed by atoms with Gasteiger partial charge in [0.2, 0.25) is 0 Å². The molecular formula is C18H18N2O5. The van der Waals surface area contributed by atoms with E-state index in [-0.39, 0.29) is 38.1 Å². The zero-order valence-corrected chi connectivity index (χ0v) is 13.9. The van der Waals surface area contributed by atoms with Gasteiger partial charge in [0.15, 0.2) is 0 Å². The Balaban J connectivity index is 2.25. The van der Waals surface area contributed by atoms with Gasteiger partial charge in [-0.25, -0.2) is 4.79 Å². The van der Waals surface area contributed by atoms with Crippen molar-refractivity contribution in [2.45, 2.75) is 19.8 Å². The SMILES string of the molecule is CCOC(=O)CCN(CCC#N)C(=O)c1cc2ccccc2oc1=O. The molecule has 0 aliphatic heterocycles. The molecule has 7 heteroatoms. The van der Waals surface area contributed by atoms with E-state index in [9.17, 15) is 14.4 Å². The number of nitrogens with zero attached hydrogens (tertiary/aromatic N) is 2. The summed E-state index contributed by atoms with van der Waals surface area (Å²) in [6.45, 7) is 2.11. The van der Waals surface area contributed by atoms with Crippen LogP contribution in [0.25, 0.3) is 11.0 Å². The van der Waals surface area contributed by atoms with E-state index in [1.165, 1.54) is 11.0 Å². The lowest BCUT2D eigenvalue weighted by molar-refractivity contribution is -0.143. The summed E-state index contributed by atoms with van der Waals surface area (Å²) in [5.74, 6) is -1.01. The van der Waals surface area contributed by atoms with E-state index in [1.54, 1.807) is 31.2 Å². The first-order valence-corrected chi connectivity index (χ1v) is 7.91. The number of carbonyl (C=O) groups is 2. The summed E-state index contributed by atoms with van der Waals surface area (Å²) < 4.78 is 10.0. The van der Waals surface area contributed by atoms with E-state index < -0.39 is 17.5 Å². The Bertz CT molecular complexity index is 866. The van der Waals surface area contributed by atoms with E-state index in [4.69, 9.17) is 14.4 Å². The minimum atomic E-state index is -0.748. The van der Waals surface area contributed by atoms with Crippen LogP contribution < -0.4 is 5.63 Å². The number of benzene rings is 1. The highest BCUT2D eigenvalue weighted by Gasteiger charge is 2.21. The standard InChI is InChI=1S/C18H18N2O5/c1-2-24-16(21)8-11-20(10-5-9-19)17(22)14-12-13-6-3-4-7-15(13)25-18(14)23/h3-4,6-7,12H,2,5,8,10-11H2,1H3. The first-order valence-electron chi connectivity index (χ1n) is 7.91. The zero-order chi connectivity index (χ0) is 18.2.